The molecule has 0 aliphatic heterocycles. The third kappa shape index (κ3) is 3.60. The lowest BCUT2D eigenvalue weighted by atomic mass is 9.95. The van der Waals surface area contributed by atoms with Crippen molar-refractivity contribution in [3.63, 3.8) is 0 Å². The fourth-order valence-electron chi connectivity index (χ4n) is 1.90. The summed E-state index contributed by atoms with van der Waals surface area (Å²) in [6.45, 7) is 13.5. The number of aromatic nitrogens is 2. The molecule has 1 rings (SSSR count). The van der Waals surface area contributed by atoms with Crippen molar-refractivity contribution >= 4 is 11.6 Å². The van der Waals surface area contributed by atoms with Gasteiger partial charge in [0, 0.05) is 24.1 Å². The molecule has 2 N–H and O–H groups in total. The van der Waals surface area contributed by atoms with Crippen LogP contribution in [-0.4, -0.2) is 23.1 Å². The zero-order valence-corrected chi connectivity index (χ0v) is 13.4. The summed E-state index contributed by atoms with van der Waals surface area (Å²) < 4.78 is 0. The molecule has 0 saturated carbocycles. The van der Waals surface area contributed by atoms with E-state index in [1.807, 2.05) is 13.8 Å². The lowest BCUT2D eigenvalue weighted by molar-refractivity contribution is 0.543. The summed E-state index contributed by atoms with van der Waals surface area (Å²) >= 11 is 0. The van der Waals surface area contributed by atoms with Gasteiger partial charge in [-0.05, 0) is 20.8 Å². The average Bonchev–Trinajstić information content (AvgIpc) is 2.37. The first-order valence-electron chi connectivity index (χ1n) is 6.99. The van der Waals surface area contributed by atoms with Gasteiger partial charge in [-0.25, -0.2) is 9.97 Å². The monoisotopic (exact) mass is 275 g/mol. The van der Waals surface area contributed by atoms with E-state index in [0.29, 0.717) is 12.4 Å². The van der Waals surface area contributed by atoms with Gasteiger partial charge in [-0.2, -0.15) is 5.26 Å². The van der Waals surface area contributed by atoms with E-state index >= 15 is 0 Å². The molecule has 0 aromatic carbocycles. The normalized spacial score (nSPS) is 12.8. The van der Waals surface area contributed by atoms with Gasteiger partial charge >= 0.3 is 0 Å². The minimum absolute atomic E-state index is 0.0522. The molecule has 5 heteroatoms. The third-order valence-corrected chi connectivity index (χ3v) is 3.22. The molecule has 0 fully saturated rings. The maximum absolute atomic E-state index is 9.00. The Bertz CT molecular complexity index is 510. The molecule has 0 amide bonds. The molecular formula is C15H25N5. The largest absolute Gasteiger partial charge is 0.383 e. The third-order valence-electron chi connectivity index (χ3n) is 3.22. The van der Waals surface area contributed by atoms with E-state index in [-0.39, 0.29) is 11.3 Å². The number of rotatable bonds is 4. The van der Waals surface area contributed by atoms with Crippen LogP contribution in [0, 0.1) is 24.2 Å². The number of hydrogen-bond donors (Lipinski definition) is 1. The highest BCUT2D eigenvalue weighted by Gasteiger charge is 2.22. The Balaban J connectivity index is 3.28. The van der Waals surface area contributed by atoms with Gasteiger partial charge < -0.3 is 10.6 Å². The van der Waals surface area contributed by atoms with Crippen LogP contribution in [-0.2, 0) is 5.41 Å². The van der Waals surface area contributed by atoms with E-state index in [9.17, 15) is 0 Å². The SMILES string of the molecule is CCN(CC(C)C#N)c1nc(C(C)(C)C)nc(N)c1C. The van der Waals surface area contributed by atoms with Crippen LogP contribution in [0.2, 0.25) is 0 Å². The van der Waals surface area contributed by atoms with Gasteiger partial charge in [0.2, 0.25) is 0 Å². The Morgan fingerprint density at radius 2 is 1.95 bits per heavy atom. The molecule has 5 nitrogen and oxygen atoms in total. The Labute approximate surface area is 121 Å². The predicted octanol–water partition coefficient (Wildman–Crippen LogP) is 2.65. The van der Waals surface area contributed by atoms with Crippen LogP contribution in [0.15, 0.2) is 0 Å². The summed E-state index contributed by atoms with van der Waals surface area (Å²) in [5.74, 6) is 2.04. The molecule has 1 aromatic heterocycles. The molecule has 0 aliphatic carbocycles. The second kappa shape index (κ2) is 6.08. The van der Waals surface area contributed by atoms with Gasteiger partial charge in [0.25, 0.3) is 0 Å². The second-order valence-electron chi connectivity index (χ2n) is 6.20. The zero-order chi connectivity index (χ0) is 15.5. The van der Waals surface area contributed by atoms with Crippen molar-refractivity contribution in [2.75, 3.05) is 23.7 Å². The molecule has 0 aliphatic rings. The van der Waals surface area contributed by atoms with Crippen molar-refractivity contribution in [1.29, 1.82) is 5.26 Å². The lowest BCUT2D eigenvalue weighted by Gasteiger charge is -2.27. The first kappa shape index (κ1) is 16.2. The van der Waals surface area contributed by atoms with Crippen molar-refractivity contribution in [1.82, 2.24) is 9.97 Å². The molecule has 1 heterocycles. The highest BCUT2D eigenvalue weighted by Crippen LogP contribution is 2.27. The van der Waals surface area contributed by atoms with Gasteiger partial charge in [0.05, 0.1) is 12.0 Å². The quantitative estimate of drug-likeness (QED) is 0.913. The van der Waals surface area contributed by atoms with Crippen LogP contribution in [0.5, 0.6) is 0 Å². The Morgan fingerprint density at radius 1 is 1.35 bits per heavy atom. The molecule has 0 spiro atoms. The molecule has 0 radical (unpaired) electrons. The number of nitrogen functional groups attached to an aromatic ring is 1. The minimum Gasteiger partial charge on any atom is -0.383 e. The van der Waals surface area contributed by atoms with Gasteiger partial charge in [-0.15, -0.1) is 0 Å². The van der Waals surface area contributed by atoms with Crippen LogP contribution in [0.4, 0.5) is 11.6 Å². The van der Waals surface area contributed by atoms with Crippen LogP contribution in [0.1, 0.15) is 46.0 Å². The fourth-order valence-corrected chi connectivity index (χ4v) is 1.90. The Morgan fingerprint density at radius 3 is 2.40 bits per heavy atom. The standard InChI is InChI=1S/C15H25N5/c1-7-20(9-10(2)8-16)13-11(3)12(17)18-14(19-13)15(4,5)6/h10H,7,9H2,1-6H3,(H2,17,18,19). The lowest BCUT2D eigenvalue weighted by Crippen LogP contribution is -2.31. The maximum Gasteiger partial charge on any atom is 0.138 e. The average molecular weight is 275 g/mol. The highest BCUT2D eigenvalue weighted by molar-refractivity contribution is 5.57. The summed E-state index contributed by atoms with van der Waals surface area (Å²) in [6, 6.07) is 2.26. The van der Waals surface area contributed by atoms with E-state index in [2.05, 4.69) is 48.6 Å². The van der Waals surface area contributed by atoms with E-state index in [4.69, 9.17) is 11.0 Å². The number of anilines is 2. The van der Waals surface area contributed by atoms with Gasteiger partial charge in [0.1, 0.15) is 17.5 Å². The van der Waals surface area contributed by atoms with Crippen molar-refractivity contribution in [2.24, 2.45) is 5.92 Å². The van der Waals surface area contributed by atoms with Crippen LogP contribution in [0.3, 0.4) is 0 Å². The van der Waals surface area contributed by atoms with Gasteiger partial charge in [-0.3, -0.25) is 0 Å². The van der Waals surface area contributed by atoms with Crippen molar-refractivity contribution in [3.8, 4) is 6.07 Å². The Hall–Kier alpha value is -1.83. The molecular weight excluding hydrogens is 250 g/mol. The second-order valence-corrected chi connectivity index (χ2v) is 6.20. The molecule has 0 bridgehead atoms. The summed E-state index contributed by atoms with van der Waals surface area (Å²) in [7, 11) is 0. The van der Waals surface area contributed by atoms with E-state index < -0.39 is 0 Å². The summed E-state index contributed by atoms with van der Waals surface area (Å²) in [5.41, 5.74) is 6.75. The topological polar surface area (TPSA) is 78.8 Å². The first-order valence-corrected chi connectivity index (χ1v) is 6.99. The first-order chi connectivity index (χ1) is 9.20. The summed E-state index contributed by atoms with van der Waals surface area (Å²) in [4.78, 5) is 11.2. The number of nitrogens with zero attached hydrogens (tertiary/aromatic N) is 4. The Kier molecular flexibility index (Phi) is 4.93. The molecule has 1 unspecified atom stereocenters. The number of nitriles is 1. The van der Waals surface area contributed by atoms with Gasteiger partial charge in [-0.1, -0.05) is 20.8 Å². The molecule has 1 atom stereocenters. The summed E-state index contributed by atoms with van der Waals surface area (Å²) in [6.07, 6.45) is 0. The van der Waals surface area contributed by atoms with E-state index in [1.54, 1.807) is 0 Å². The zero-order valence-electron chi connectivity index (χ0n) is 13.4. The van der Waals surface area contributed by atoms with Crippen molar-refractivity contribution in [3.05, 3.63) is 11.4 Å². The van der Waals surface area contributed by atoms with Crippen molar-refractivity contribution in [2.45, 2.75) is 47.0 Å². The highest BCUT2D eigenvalue weighted by atomic mass is 15.2. The minimum atomic E-state index is -0.156. The fraction of sp³-hybridized carbons (Fsp3) is 0.667. The number of nitrogens with two attached hydrogens (primary N) is 1. The molecule has 20 heavy (non-hydrogen) atoms. The molecule has 1 aromatic rings. The molecule has 110 valence electrons. The smallest absolute Gasteiger partial charge is 0.138 e. The van der Waals surface area contributed by atoms with Crippen molar-refractivity contribution < 1.29 is 0 Å². The van der Waals surface area contributed by atoms with Crippen LogP contribution >= 0.6 is 0 Å². The predicted molar refractivity (Wildman–Crippen MR) is 82.5 cm³/mol. The van der Waals surface area contributed by atoms with Crippen LogP contribution in [0.25, 0.3) is 0 Å². The van der Waals surface area contributed by atoms with Crippen LogP contribution < -0.4 is 10.6 Å². The van der Waals surface area contributed by atoms with E-state index in [1.165, 1.54) is 0 Å². The molecule has 0 saturated heterocycles. The van der Waals surface area contributed by atoms with Gasteiger partial charge in [0.15, 0.2) is 0 Å². The summed E-state index contributed by atoms with van der Waals surface area (Å²) in [5, 5.41) is 9.00. The number of hydrogen-bond acceptors (Lipinski definition) is 5. The maximum atomic E-state index is 9.00. The van der Waals surface area contributed by atoms with E-state index in [0.717, 1.165) is 23.8 Å².